The summed E-state index contributed by atoms with van der Waals surface area (Å²) >= 11 is 0. The van der Waals surface area contributed by atoms with Crippen molar-refractivity contribution in [2.45, 2.75) is 95.2 Å². The maximum absolute atomic E-state index is 14.4. The lowest BCUT2D eigenvalue weighted by Gasteiger charge is -2.48. The van der Waals surface area contributed by atoms with E-state index in [1.807, 2.05) is 24.3 Å². The van der Waals surface area contributed by atoms with E-state index in [-0.39, 0.29) is 59.0 Å². The molecule has 1 saturated carbocycles. The van der Waals surface area contributed by atoms with Gasteiger partial charge in [0.2, 0.25) is 5.91 Å². The van der Waals surface area contributed by atoms with E-state index in [2.05, 4.69) is 10.6 Å². The van der Waals surface area contributed by atoms with Gasteiger partial charge in [0.1, 0.15) is 48.8 Å². The van der Waals surface area contributed by atoms with Crippen molar-refractivity contribution in [2.75, 3.05) is 26.6 Å². The number of hydrogen-bond donors (Lipinski definition) is 4. The molecule has 2 aromatic carbocycles. The molecule has 2 bridgehead atoms. The van der Waals surface area contributed by atoms with E-state index in [1.54, 1.807) is 51.1 Å². The first-order chi connectivity index (χ1) is 25.4. The van der Waals surface area contributed by atoms with Gasteiger partial charge in [-0.2, -0.15) is 5.06 Å². The molecule has 3 saturated heterocycles. The smallest absolute Gasteiger partial charge is 0.327 e. The van der Waals surface area contributed by atoms with E-state index in [0.29, 0.717) is 11.1 Å². The molecular weight excluding hydrogens is 690 g/mol. The van der Waals surface area contributed by atoms with E-state index in [1.165, 1.54) is 11.3 Å². The van der Waals surface area contributed by atoms with Crippen LogP contribution in [-0.4, -0.2) is 108 Å². The standard InChI is InChI=1S/C38H47N3O12/c1-37(2,3)52-29(44)12-11-27(21-43)40-34(45)26-6-4-5-25(17-26)19-39-36(47)38-18-28-30-31(50-22-49-30)33(38)53-41(32(38)35(46)51-28)20-24-9-7-23(8-10-24)13-15-48-16-14-42/h4-10,13,15,17,27-28,30-33,42-43H,11-12,14,16,18-22H2,1-3H3,(H,39,47)(H,40,45). The number of esters is 2. The first-order valence-electron chi connectivity index (χ1n) is 17.8. The third-order valence-corrected chi connectivity index (χ3v) is 9.69. The number of fused-ring (bicyclic) bond motifs is 4. The van der Waals surface area contributed by atoms with Crippen molar-refractivity contribution >= 4 is 29.8 Å². The van der Waals surface area contributed by atoms with Gasteiger partial charge >= 0.3 is 11.9 Å². The van der Waals surface area contributed by atoms with Crippen LogP contribution in [0.3, 0.4) is 0 Å². The van der Waals surface area contributed by atoms with Gasteiger partial charge in [-0.3, -0.25) is 24.0 Å². The van der Waals surface area contributed by atoms with Crippen molar-refractivity contribution in [3.63, 3.8) is 0 Å². The van der Waals surface area contributed by atoms with Crippen LogP contribution >= 0.6 is 0 Å². The number of carbonyl (C=O) groups excluding carboxylic acids is 4. The average molecular weight is 738 g/mol. The van der Waals surface area contributed by atoms with Crippen LogP contribution in [0.1, 0.15) is 67.1 Å². The van der Waals surface area contributed by atoms with Gasteiger partial charge < -0.3 is 44.5 Å². The molecule has 3 aliphatic heterocycles. The molecule has 0 spiro atoms. The van der Waals surface area contributed by atoms with Gasteiger partial charge in [0.15, 0.2) is 6.04 Å². The SMILES string of the molecule is CC(C)(C)OC(=O)CCC(CO)NC(=O)c1cccc(CNC(=O)C23CC4OC(=O)C2N(Cc2ccc(C=COCCO)cc2)OC3C2OCOC42)c1. The van der Waals surface area contributed by atoms with Gasteiger partial charge in [-0.15, -0.1) is 0 Å². The first kappa shape index (κ1) is 38.3. The van der Waals surface area contributed by atoms with Gasteiger partial charge in [0, 0.05) is 24.9 Å². The molecule has 15 nitrogen and oxygen atoms in total. The second-order valence-corrected chi connectivity index (χ2v) is 14.6. The largest absolute Gasteiger partial charge is 0.499 e. The highest BCUT2D eigenvalue weighted by Gasteiger charge is 2.74. The Morgan fingerprint density at radius 1 is 1.08 bits per heavy atom. The number of rotatable bonds is 15. The summed E-state index contributed by atoms with van der Waals surface area (Å²) in [6.07, 6.45) is 0.915. The number of aliphatic hydroxyl groups excluding tert-OH is 2. The predicted octanol–water partition coefficient (Wildman–Crippen LogP) is 1.74. The molecule has 4 N–H and O–H groups in total. The van der Waals surface area contributed by atoms with Crippen LogP contribution < -0.4 is 10.6 Å². The highest BCUT2D eigenvalue weighted by molar-refractivity contribution is 5.95. The third-order valence-electron chi connectivity index (χ3n) is 9.69. The monoisotopic (exact) mass is 737 g/mol. The second kappa shape index (κ2) is 16.3. The fraction of sp³-hybridized carbons (Fsp3) is 0.526. The van der Waals surface area contributed by atoms with Crippen LogP contribution in [0.5, 0.6) is 0 Å². The quantitative estimate of drug-likeness (QED) is 0.118. The second-order valence-electron chi connectivity index (χ2n) is 14.6. The topological polar surface area (TPSA) is 191 Å². The Morgan fingerprint density at radius 2 is 1.85 bits per heavy atom. The summed E-state index contributed by atoms with van der Waals surface area (Å²) in [5.41, 5.74) is 0.635. The first-order valence-corrected chi connectivity index (χ1v) is 17.8. The van der Waals surface area contributed by atoms with E-state index in [4.69, 9.17) is 33.6 Å². The predicted molar refractivity (Wildman–Crippen MR) is 186 cm³/mol. The number of hydroxylamine groups is 2. The molecule has 4 aliphatic rings. The Kier molecular flexibility index (Phi) is 11.8. The van der Waals surface area contributed by atoms with Crippen molar-refractivity contribution in [1.29, 1.82) is 0 Å². The number of amides is 2. The summed E-state index contributed by atoms with van der Waals surface area (Å²) in [7, 11) is 0. The van der Waals surface area contributed by atoms with E-state index in [9.17, 15) is 24.3 Å². The Morgan fingerprint density at radius 3 is 2.58 bits per heavy atom. The van der Waals surface area contributed by atoms with Crippen molar-refractivity contribution in [3.8, 4) is 0 Å². The van der Waals surface area contributed by atoms with Gasteiger partial charge in [0.25, 0.3) is 5.91 Å². The molecule has 3 heterocycles. The van der Waals surface area contributed by atoms with Gasteiger partial charge in [0.05, 0.1) is 32.1 Å². The number of carbonyl (C=O) groups is 4. The van der Waals surface area contributed by atoms with Crippen LogP contribution in [0.15, 0.2) is 54.8 Å². The molecule has 0 aromatic heterocycles. The fourth-order valence-corrected chi connectivity index (χ4v) is 7.33. The van der Waals surface area contributed by atoms with Crippen LogP contribution in [0.2, 0.25) is 0 Å². The van der Waals surface area contributed by atoms with Crippen LogP contribution in [-0.2, 0) is 56.0 Å². The van der Waals surface area contributed by atoms with Gasteiger partial charge in [-0.05, 0) is 62.1 Å². The molecule has 6 rings (SSSR count). The number of nitrogens with zero attached hydrogens (tertiary/aromatic N) is 1. The number of aliphatic hydroxyl groups is 2. The van der Waals surface area contributed by atoms with Crippen LogP contribution in [0.25, 0.3) is 6.08 Å². The summed E-state index contributed by atoms with van der Waals surface area (Å²) < 4.78 is 28.1. The normalized spacial score (nSPS) is 26.8. The summed E-state index contributed by atoms with van der Waals surface area (Å²) in [5.74, 6) is -1.87. The maximum Gasteiger partial charge on any atom is 0.327 e. The van der Waals surface area contributed by atoms with Gasteiger partial charge in [-0.1, -0.05) is 36.4 Å². The average Bonchev–Trinajstić information content (AvgIpc) is 3.76. The van der Waals surface area contributed by atoms with Crippen molar-refractivity contribution in [1.82, 2.24) is 15.7 Å². The minimum absolute atomic E-state index is 0.0182. The summed E-state index contributed by atoms with van der Waals surface area (Å²) in [4.78, 5) is 59.8. The number of nitrogens with one attached hydrogen (secondary N) is 2. The molecular formula is C38H47N3O12. The molecule has 15 heteroatoms. The zero-order chi connectivity index (χ0) is 37.8. The molecule has 2 amide bonds. The van der Waals surface area contributed by atoms with Crippen molar-refractivity contribution < 1.29 is 57.9 Å². The molecule has 0 radical (unpaired) electrons. The molecule has 7 unspecified atom stereocenters. The summed E-state index contributed by atoms with van der Waals surface area (Å²) in [6, 6.07) is 12.5. The van der Waals surface area contributed by atoms with Crippen molar-refractivity contribution in [2.24, 2.45) is 5.41 Å². The molecule has 286 valence electrons. The summed E-state index contributed by atoms with van der Waals surface area (Å²) in [6.45, 7) is 5.26. The maximum atomic E-state index is 14.4. The minimum Gasteiger partial charge on any atom is -0.499 e. The van der Waals surface area contributed by atoms with E-state index in [0.717, 1.165) is 11.1 Å². The fourth-order valence-electron chi connectivity index (χ4n) is 7.33. The lowest BCUT2D eigenvalue weighted by atomic mass is 9.62. The molecule has 7 atom stereocenters. The molecule has 2 aromatic rings. The Labute approximate surface area is 307 Å². The lowest BCUT2D eigenvalue weighted by molar-refractivity contribution is -0.201. The molecule has 1 aliphatic carbocycles. The van der Waals surface area contributed by atoms with E-state index < -0.39 is 71.3 Å². The zero-order valence-electron chi connectivity index (χ0n) is 30.0. The lowest BCUT2D eigenvalue weighted by Crippen LogP contribution is -2.69. The number of ether oxygens (including phenoxy) is 5. The van der Waals surface area contributed by atoms with Gasteiger partial charge in [-0.25, -0.2) is 0 Å². The highest BCUT2D eigenvalue weighted by Crippen LogP contribution is 2.55. The van der Waals surface area contributed by atoms with Crippen molar-refractivity contribution in [3.05, 3.63) is 77.0 Å². The van der Waals surface area contributed by atoms with Crippen LogP contribution in [0.4, 0.5) is 0 Å². The minimum atomic E-state index is -1.35. The molecule has 4 fully saturated rings. The number of hydrogen-bond acceptors (Lipinski definition) is 13. The number of benzene rings is 2. The zero-order valence-corrected chi connectivity index (χ0v) is 30.0. The van der Waals surface area contributed by atoms with Crippen LogP contribution in [0, 0.1) is 5.41 Å². The Bertz CT molecular complexity index is 1680. The Balaban J connectivity index is 1.14. The Hall–Kier alpha value is -4.38. The third kappa shape index (κ3) is 8.56. The highest BCUT2D eigenvalue weighted by atomic mass is 16.8. The molecule has 53 heavy (non-hydrogen) atoms. The van der Waals surface area contributed by atoms with E-state index >= 15 is 0 Å². The summed E-state index contributed by atoms with van der Waals surface area (Å²) in [5, 5.41) is 26.0.